The maximum atomic E-state index is 10.9. The fourth-order valence-electron chi connectivity index (χ4n) is 1.75. The molecule has 1 N–H and O–H groups in total. The van der Waals surface area contributed by atoms with Crippen LogP contribution in [0, 0.1) is 0 Å². The summed E-state index contributed by atoms with van der Waals surface area (Å²) in [4.78, 5) is 15.5. The summed E-state index contributed by atoms with van der Waals surface area (Å²) in [7, 11) is 3.19. The molecule has 0 spiro atoms. The molecule has 6 heteroatoms. The highest BCUT2D eigenvalue weighted by Crippen LogP contribution is 2.30. The van der Waals surface area contributed by atoms with Crippen molar-refractivity contribution in [2.45, 2.75) is 10.6 Å². The minimum absolute atomic E-state index is 0.0484. The third kappa shape index (κ3) is 3.88. The van der Waals surface area contributed by atoms with E-state index in [0.29, 0.717) is 17.3 Å². The highest BCUT2D eigenvalue weighted by Gasteiger charge is 2.07. The van der Waals surface area contributed by atoms with Crippen LogP contribution in [-0.2, 0) is 5.75 Å². The zero-order chi connectivity index (χ0) is 15.2. The molecule has 2 aromatic rings. The molecular formula is C15H15NO4S. The molecule has 0 amide bonds. The van der Waals surface area contributed by atoms with Gasteiger partial charge in [0.2, 0.25) is 0 Å². The number of benzene rings is 1. The third-order valence-corrected chi connectivity index (χ3v) is 3.87. The summed E-state index contributed by atoms with van der Waals surface area (Å²) in [6.07, 6.45) is 1.50. The number of nitrogens with zero attached hydrogens (tertiary/aromatic N) is 1. The van der Waals surface area contributed by atoms with Crippen LogP contribution in [0.4, 0.5) is 0 Å². The number of carboxylic acids is 1. The van der Waals surface area contributed by atoms with Gasteiger partial charge in [0.05, 0.1) is 14.2 Å². The van der Waals surface area contributed by atoms with Crippen LogP contribution in [0.5, 0.6) is 11.5 Å². The number of aromatic carboxylic acids is 1. The molecule has 21 heavy (non-hydrogen) atoms. The first kappa shape index (κ1) is 15.2. The number of ether oxygens (including phenoxy) is 2. The molecule has 0 saturated carbocycles. The van der Waals surface area contributed by atoms with Gasteiger partial charge in [0.25, 0.3) is 0 Å². The molecule has 1 aromatic heterocycles. The highest BCUT2D eigenvalue weighted by atomic mass is 32.2. The van der Waals surface area contributed by atoms with Crippen molar-refractivity contribution in [1.29, 1.82) is 0 Å². The van der Waals surface area contributed by atoms with E-state index >= 15 is 0 Å². The van der Waals surface area contributed by atoms with Crippen LogP contribution in [0.3, 0.4) is 0 Å². The van der Waals surface area contributed by atoms with E-state index in [0.717, 1.165) is 10.5 Å². The lowest BCUT2D eigenvalue weighted by Crippen LogP contribution is -1.99. The molecule has 1 heterocycles. The quantitative estimate of drug-likeness (QED) is 0.827. The fourth-order valence-corrected chi connectivity index (χ4v) is 2.62. The lowest BCUT2D eigenvalue weighted by molar-refractivity contribution is 0.0690. The normalized spacial score (nSPS) is 10.2. The van der Waals surface area contributed by atoms with Crippen LogP contribution >= 0.6 is 11.8 Å². The molecule has 0 radical (unpaired) electrons. The number of pyridine rings is 1. The minimum Gasteiger partial charge on any atom is -0.493 e. The number of rotatable bonds is 6. The summed E-state index contributed by atoms with van der Waals surface area (Å²) in [5, 5.41) is 8.92. The second-order valence-corrected chi connectivity index (χ2v) is 5.21. The largest absolute Gasteiger partial charge is 0.493 e. The Bertz CT molecular complexity index is 645. The Morgan fingerprint density at radius 3 is 2.62 bits per heavy atom. The van der Waals surface area contributed by atoms with E-state index in [4.69, 9.17) is 14.6 Å². The van der Waals surface area contributed by atoms with Crippen LogP contribution < -0.4 is 9.47 Å². The average molecular weight is 305 g/mol. The van der Waals surface area contributed by atoms with Crippen molar-refractivity contribution in [3.8, 4) is 11.5 Å². The van der Waals surface area contributed by atoms with Crippen molar-refractivity contribution in [3.05, 3.63) is 47.8 Å². The number of methoxy groups -OCH3 is 2. The van der Waals surface area contributed by atoms with Gasteiger partial charge in [-0.05, 0) is 29.8 Å². The number of carbonyl (C=O) groups is 1. The first-order valence-electron chi connectivity index (χ1n) is 6.17. The first-order valence-corrected chi connectivity index (χ1v) is 7.15. The van der Waals surface area contributed by atoms with E-state index in [1.165, 1.54) is 18.0 Å². The van der Waals surface area contributed by atoms with E-state index in [9.17, 15) is 4.79 Å². The SMILES string of the molecule is COc1ccc(CSc2ccnc(C(=O)O)c2)cc1OC. The van der Waals surface area contributed by atoms with E-state index in [2.05, 4.69) is 4.98 Å². The maximum absolute atomic E-state index is 10.9. The van der Waals surface area contributed by atoms with Gasteiger partial charge in [-0.15, -0.1) is 11.8 Å². The molecule has 0 unspecified atom stereocenters. The standard InChI is InChI=1S/C15H15NO4S/c1-19-13-4-3-10(7-14(13)20-2)9-21-11-5-6-16-12(8-11)15(17)18/h3-8H,9H2,1-2H3,(H,17,18). The third-order valence-electron chi connectivity index (χ3n) is 2.80. The zero-order valence-electron chi connectivity index (χ0n) is 11.7. The van der Waals surface area contributed by atoms with Crippen molar-refractivity contribution in [3.63, 3.8) is 0 Å². The Kier molecular flexibility index (Phi) is 5.05. The molecule has 0 fully saturated rings. The predicted octanol–water partition coefficient (Wildman–Crippen LogP) is 3.09. The van der Waals surface area contributed by atoms with Crippen molar-refractivity contribution in [2.75, 3.05) is 14.2 Å². The van der Waals surface area contributed by atoms with Gasteiger partial charge in [0.1, 0.15) is 5.69 Å². The smallest absolute Gasteiger partial charge is 0.354 e. The van der Waals surface area contributed by atoms with Crippen LogP contribution in [0.1, 0.15) is 16.1 Å². The molecule has 5 nitrogen and oxygen atoms in total. The van der Waals surface area contributed by atoms with Gasteiger partial charge in [-0.25, -0.2) is 9.78 Å². The molecule has 0 aliphatic heterocycles. The molecule has 0 bridgehead atoms. The van der Waals surface area contributed by atoms with Crippen molar-refractivity contribution in [1.82, 2.24) is 4.98 Å². The second kappa shape index (κ2) is 6.99. The lowest BCUT2D eigenvalue weighted by Gasteiger charge is -2.09. The van der Waals surface area contributed by atoms with Gasteiger partial charge < -0.3 is 14.6 Å². The van der Waals surface area contributed by atoms with E-state index in [1.54, 1.807) is 26.4 Å². The second-order valence-electron chi connectivity index (χ2n) is 4.16. The summed E-state index contributed by atoms with van der Waals surface area (Å²) in [6.45, 7) is 0. The summed E-state index contributed by atoms with van der Waals surface area (Å²) >= 11 is 1.54. The van der Waals surface area contributed by atoms with Crippen LogP contribution in [0.25, 0.3) is 0 Å². The number of thioether (sulfide) groups is 1. The Hall–Kier alpha value is -2.21. The van der Waals surface area contributed by atoms with Gasteiger partial charge in [-0.1, -0.05) is 6.07 Å². The number of aromatic nitrogens is 1. The highest BCUT2D eigenvalue weighted by molar-refractivity contribution is 7.98. The minimum atomic E-state index is -1.02. The van der Waals surface area contributed by atoms with Crippen LogP contribution in [0.2, 0.25) is 0 Å². The van der Waals surface area contributed by atoms with Crippen LogP contribution in [-0.4, -0.2) is 30.3 Å². The number of carboxylic acid groups (broad SMARTS) is 1. The molecule has 0 saturated heterocycles. The lowest BCUT2D eigenvalue weighted by atomic mass is 10.2. The summed E-state index contributed by atoms with van der Waals surface area (Å²) < 4.78 is 10.4. The molecule has 0 aliphatic carbocycles. The first-order chi connectivity index (χ1) is 10.1. The number of hydrogen-bond acceptors (Lipinski definition) is 5. The Morgan fingerprint density at radius 2 is 1.95 bits per heavy atom. The van der Waals surface area contributed by atoms with E-state index < -0.39 is 5.97 Å². The summed E-state index contributed by atoms with van der Waals surface area (Å²) in [5.74, 6) is 1.03. The van der Waals surface area contributed by atoms with Crippen molar-refractivity contribution < 1.29 is 19.4 Å². The molecule has 110 valence electrons. The number of hydrogen-bond donors (Lipinski definition) is 1. The zero-order valence-corrected chi connectivity index (χ0v) is 12.5. The van der Waals surface area contributed by atoms with Crippen LogP contribution in [0.15, 0.2) is 41.4 Å². The van der Waals surface area contributed by atoms with E-state index in [1.807, 2.05) is 18.2 Å². The molecule has 2 rings (SSSR count). The monoisotopic (exact) mass is 305 g/mol. The summed E-state index contributed by atoms with van der Waals surface area (Å²) in [6, 6.07) is 9.06. The van der Waals surface area contributed by atoms with Gasteiger partial charge in [-0.2, -0.15) is 0 Å². The Balaban J connectivity index is 2.09. The van der Waals surface area contributed by atoms with Crippen molar-refractivity contribution >= 4 is 17.7 Å². The summed E-state index contributed by atoms with van der Waals surface area (Å²) in [5.41, 5.74) is 1.11. The molecule has 0 aliphatic rings. The molecular weight excluding hydrogens is 290 g/mol. The fraction of sp³-hybridized carbons (Fsp3) is 0.200. The van der Waals surface area contributed by atoms with Gasteiger partial charge in [-0.3, -0.25) is 0 Å². The van der Waals surface area contributed by atoms with E-state index in [-0.39, 0.29) is 5.69 Å². The average Bonchev–Trinajstić information content (AvgIpc) is 2.52. The predicted molar refractivity (Wildman–Crippen MR) is 80.3 cm³/mol. The van der Waals surface area contributed by atoms with Crippen molar-refractivity contribution in [2.24, 2.45) is 0 Å². The molecule has 1 aromatic carbocycles. The van der Waals surface area contributed by atoms with Gasteiger partial charge in [0.15, 0.2) is 11.5 Å². The van der Waals surface area contributed by atoms with Gasteiger partial charge >= 0.3 is 5.97 Å². The topological polar surface area (TPSA) is 68.7 Å². The Labute approximate surface area is 126 Å². The molecule has 0 atom stereocenters. The van der Waals surface area contributed by atoms with Gasteiger partial charge in [0, 0.05) is 16.8 Å². The maximum Gasteiger partial charge on any atom is 0.354 e. The Morgan fingerprint density at radius 1 is 1.19 bits per heavy atom.